The Hall–Kier alpha value is -0.330. The summed E-state index contributed by atoms with van der Waals surface area (Å²) in [4.78, 5) is 6.12. The minimum atomic E-state index is -2.88. The average molecular weight is 340 g/mol. The molecule has 4 nitrogen and oxygen atoms in total. The summed E-state index contributed by atoms with van der Waals surface area (Å²) in [6.45, 7) is 0. The summed E-state index contributed by atoms with van der Waals surface area (Å²) in [5.41, 5.74) is 0. The van der Waals surface area contributed by atoms with Crippen LogP contribution in [0.15, 0.2) is 16.7 Å². The van der Waals surface area contributed by atoms with E-state index in [1.807, 2.05) is 11.9 Å². The number of hydrogen-bond donors (Lipinski definition) is 0. The molecule has 1 aromatic rings. The minimum Gasteiger partial charge on any atom is -0.355 e. The topological polar surface area (TPSA) is 50.3 Å². The van der Waals surface area contributed by atoms with Crippen LogP contribution in [0.25, 0.3) is 0 Å². The van der Waals surface area contributed by atoms with Gasteiger partial charge in [0.1, 0.15) is 5.82 Å². The quantitative estimate of drug-likeness (QED) is 0.828. The van der Waals surface area contributed by atoms with Crippen molar-refractivity contribution in [2.24, 2.45) is 0 Å². The molecule has 94 valence electrons. The molecule has 1 aliphatic rings. The Bertz CT molecular complexity index is 535. The molecule has 1 aromatic heterocycles. The van der Waals surface area contributed by atoms with E-state index in [-0.39, 0.29) is 17.5 Å². The molecular formula is C10H12BrClN2O2S. The average Bonchev–Trinajstić information content (AvgIpc) is 2.58. The molecule has 0 N–H and O–H groups in total. The zero-order chi connectivity index (χ0) is 12.6. The van der Waals surface area contributed by atoms with E-state index in [9.17, 15) is 8.42 Å². The third-order valence-corrected chi connectivity index (χ3v) is 5.42. The normalized spacial score (nSPS) is 22.6. The molecule has 0 radical (unpaired) electrons. The molecule has 0 saturated carbocycles. The van der Waals surface area contributed by atoms with Gasteiger partial charge in [-0.2, -0.15) is 0 Å². The van der Waals surface area contributed by atoms with Crippen LogP contribution in [-0.2, 0) is 9.84 Å². The maximum Gasteiger partial charge on any atom is 0.152 e. The van der Waals surface area contributed by atoms with Crippen LogP contribution in [0.3, 0.4) is 0 Å². The summed E-state index contributed by atoms with van der Waals surface area (Å²) in [5, 5.41) is 0.549. The Labute approximate surface area is 114 Å². The van der Waals surface area contributed by atoms with E-state index in [1.54, 1.807) is 12.3 Å². The lowest BCUT2D eigenvalue weighted by Crippen LogP contribution is -2.33. The van der Waals surface area contributed by atoms with Gasteiger partial charge in [-0.05, 0) is 28.4 Å². The molecule has 0 amide bonds. The lowest BCUT2D eigenvalue weighted by molar-refractivity contribution is 0.600. The standard InChI is InChI=1S/C10H12BrClN2O2S/c1-14(8-2-3-17(15,16)6-8)10-9(11)4-7(12)5-13-10/h4-5,8H,2-3,6H2,1H3. The van der Waals surface area contributed by atoms with Crippen molar-refractivity contribution < 1.29 is 8.42 Å². The molecule has 1 aliphatic heterocycles. The van der Waals surface area contributed by atoms with Gasteiger partial charge in [-0.25, -0.2) is 13.4 Å². The molecule has 0 aromatic carbocycles. The molecule has 1 saturated heterocycles. The molecule has 17 heavy (non-hydrogen) atoms. The number of anilines is 1. The summed E-state index contributed by atoms with van der Waals surface area (Å²) in [5.74, 6) is 1.17. The highest BCUT2D eigenvalue weighted by Gasteiger charge is 2.31. The number of sulfone groups is 1. The Morgan fingerprint density at radius 2 is 2.29 bits per heavy atom. The largest absolute Gasteiger partial charge is 0.355 e. The molecule has 0 spiro atoms. The second kappa shape index (κ2) is 4.74. The van der Waals surface area contributed by atoms with Crippen molar-refractivity contribution in [3.05, 3.63) is 21.8 Å². The highest BCUT2D eigenvalue weighted by molar-refractivity contribution is 9.10. The number of rotatable bonds is 2. The van der Waals surface area contributed by atoms with Gasteiger partial charge in [0.25, 0.3) is 0 Å². The summed E-state index contributed by atoms with van der Waals surface area (Å²) in [7, 11) is -1.03. The molecule has 2 rings (SSSR count). The summed E-state index contributed by atoms with van der Waals surface area (Å²) in [6, 6.07) is 1.74. The van der Waals surface area contributed by atoms with Gasteiger partial charge in [0, 0.05) is 19.3 Å². The van der Waals surface area contributed by atoms with Crippen molar-refractivity contribution in [3.8, 4) is 0 Å². The predicted molar refractivity (Wildman–Crippen MR) is 72.4 cm³/mol. The van der Waals surface area contributed by atoms with E-state index in [0.29, 0.717) is 11.4 Å². The van der Waals surface area contributed by atoms with Gasteiger partial charge in [-0.1, -0.05) is 11.6 Å². The van der Waals surface area contributed by atoms with Gasteiger partial charge in [0.15, 0.2) is 9.84 Å². The van der Waals surface area contributed by atoms with E-state index in [2.05, 4.69) is 20.9 Å². The van der Waals surface area contributed by atoms with Crippen LogP contribution in [-0.4, -0.2) is 38.0 Å². The summed E-state index contributed by atoms with van der Waals surface area (Å²) < 4.78 is 23.6. The molecule has 7 heteroatoms. The number of aromatic nitrogens is 1. The fourth-order valence-corrected chi connectivity index (χ4v) is 4.61. The molecule has 2 heterocycles. The predicted octanol–water partition coefficient (Wildman–Crippen LogP) is 2.12. The second-order valence-corrected chi connectivity index (χ2v) is 7.65. The van der Waals surface area contributed by atoms with Crippen LogP contribution >= 0.6 is 27.5 Å². The van der Waals surface area contributed by atoms with Gasteiger partial charge in [-0.15, -0.1) is 0 Å². The van der Waals surface area contributed by atoms with E-state index in [1.165, 1.54) is 0 Å². The van der Waals surface area contributed by atoms with Crippen LogP contribution < -0.4 is 4.90 Å². The number of halogens is 2. The zero-order valence-electron chi connectivity index (χ0n) is 9.23. The Kier molecular flexibility index (Phi) is 3.66. The molecule has 1 atom stereocenters. The minimum absolute atomic E-state index is 0.00928. The molecular weight excluding hydrogens is 328 g/mol. The van der Waals surface area contributed by atoms with Gasteiger partial charge in [0.2, 0.25) is 0 Å². The van der Waals surface area contributed by atoms with Crippen molar-refractivity contribution in [1.29, 1.82) is 0 Å². The van der Waals surface area contributed by atoms with Crippen LogP contribution in [0.1, 0.15) is 6.42 Å². The third-order valence-electron chi connectivity index (χ3n) is 2.88. The SMILES string of the molecule is CN(c1ncc(Cl)cc1Br)C1CCS(=O)(=O)C1. The molecule has 0 aliphatic carbocycles. The summed E-state index contributed by atoms with van der Waals surface area (Å²) >= 11 is 9.20. The van der Waals surface area contributed by atoms with Crippen molar-refractivity contribution in [1.82, 2.24) is 4.98 Å². The highest BCUT2D eigenvalue weighted by Crippen LogP contribution is 2.29. The maximum atomic E-state index is 11.4. The Balaban J connectivity index is 2.23. The molecule has 0 bridgehead atoms. The van der Waals surface area contributed by atoms with E-state index >= 15 is 0 Å². The van der Waals surface area contributed by atoms with Crippen LogP contribution in [0, 0.1) is 0 Å². The van der Waals surface area contributed by atoms with Crippen molar-refractivity contribution in [2.75, 3.05) is 23.5 Å². The second-order valence-electron chi connectivity index (χ2n) is 4.13. The van der Waals surface area contributed by atoms with Gasteiger partial charge in [0.05, 0.1) is 21.0 Å². The first-order valence-corrected chi connectivity index (χ1v) is 8.12. The molecule has 1 fully saturated rings. The number of pyridine rings is 1. The van der Waals surface area contributed by atoms with E-state index in [4.69, 9.17) is 11.6 Å². The fraction of sp³-hybridized carbons (Fsp3) is 0.500. The monoisotopic (exact) mass is 338 g/mol. The van der Waals surface area contributed by atoms with Gasteiger partial charge >= 0.3 is 0 Å². The Morgan fingerprint density at radius 3 is 2.82 bits per heavy atom. The van der Waals surface area contributed by atoms with Crippen LogP contribution in [0.5, 0.6) is 0 Å². The van der Waals surface area contributed by atoms with Crippen LogP contribution in [0.4, 0.5) is 5.82 Å². The van der Waals surface area contributed by atoms with Crippen molar-refractivity contribution in [2.45, 2.75) is 12.5 Å². The van der Waals surface area contributed by atoms with Crippen molar-refractivity contribution >= 4 is 43.2 Å². The highest BCUT2D eigenvalue weighted by atomic mass is 79.9. The smallest absolute Gasteiger partial charge is 0.152 e. The van der Waals surface area contributed by atoms with Crippen LogP contribution in [0.2, 0.25) is 5.02 Å². The Morgan fingerprint density at radius 1 is 1.59 bits per heavy atom. The fourth-order valence-electron chi connectivity index (χ4n) is 1.92. The number of nitrogens with zero attached hydrogens (tertiary/aromatic N) is 2. The summed E-state index contributed by atoms with van der Waals surface area (Å²) in [6.07, 6.45) is 2.21. The lowest BCUT2D eigenvalue weighted by Gasteiger charge is -2.25. The third kappa shape index (κ3) is 2.92. The first kappa shape index (κ1) is 13.1. The van der Waals surface area contributed by atoms with Gasteiger partial charge in [-0.3, -0.25) is 0 Å². The number of hydrogen-bond acceptors (Lipinski definition) is 4. The van der Waals surface area contributed by atoms with E-state index in [0.717, 1.165) is 10.3 Å². The van der Waals surface area contributed by atoms with E-state index < -0.39 is 9.84 Å². The maximum absolute atomic E-state index is 11.4. The van der Waals surface area contributed by atoms with Gasteiger partial charge < -0.3 is 4.90 Å². The van der Waals surface area contributed by atoms with Crippen molar-refractivity contribution in [3.63, 3.8) is 0 Å². The first-order chi connectivity index (χ1) is 7.89. The zero-order valence-corrected chi connectivity index (χ0v) is 12.4. The first-order valence-electron chi connectivity index (χ1n) is 5.13. The lowest BCUT2D eigenvalue weighted by atomic mass is 10.2. The molecule has 1 unspecified atom stereocenters.